The van der Waals surface area contributed by atoms with Crippen LogP contribution in [0.1, 0.15) is 24.5 Å². The van der Waals surface area contributed by atoms with E-state index in [0.717, 1.165) is 11.1 Å². The van der Waals surface area contributed by atoms with Crippen molar-refractivity contribution in [3.63, 3.8) is 0 Å². The number of hydrogen-bond donors (Lipinski definition) is 0. The van der Waals surface area contributed by atoms with Crippen molar-refractivity contribution in [3.8, 4) is 11.5 Å². The molecule has 168 valence electrons. The van der Waals surface area contributed by atoms with Gasteiger partial charge >= 0.3 is 5.97 Å². The number of thioether (sulfide) groups is 1. The van der Waals surface area contributed by atoms with Gasteiger partial charge in [0, 0.05) is 17.1 Å². The highest BCUT2D eigenvalue weighted by molar-refractivity contribution is 8.26. The van der Waals surface area contributed by atoms with Crippen LogP contribution in [0.2, 0.25) is 5.02 Å². The van der Waals surface area contributed by atoms with E-state index in [9.17, 15) is 9.59 Å². The van der Waals surface area contributed by atoms with Crippen molar-refractivity contribution in [1.82, 2.24) is 4.90 Å². The van der Waals surface area contributed by atoms with Gasteiger partial charge in [-0.15, -0.1) is 0 Å². The molecule has 3 rings (SSSR count). The first-order chi connectivity index (χ1) is 15.4. The molecule has 32 heavy (non-hydrogen) atoms. The summed E-state index contributed by atoms with van der Waals surface area (Å²) in [5.74, 6) is 0.500. The summed E-state index contributed by atoms with van der Waals surface area (Å²) >= 11 is 12.7. The molecule has 1 heterocycles. The molecule has 1 fully saturated rings. The van der Waals surface area contributed by atoms with Crippen LogP contribution in [0.25, 0.3) is 6.08 Å². The Kier molecular flexibility index (Phi) is 8.55. The van der Waals surface area contributed by atoms with Crippen molar-refractivity contribution >= 4 is 57.9 Å². The Morgan fingerprint density at radius 1 is 1.22 bits per heavy atom. The zero-order chi connectivity index (χ0) is 23.1. The minimum absolute atomic E-state index is 0.0961. The molecule has 2 aromatic carbocycles. The number of carbonyl (C=O) groups excluding carboxylic acids is 2. The van der Waals surface area contributed by atoms with Gasteiger partial charge in [0.2, 0.25) is 0 Å². The van der Waals surface area contributed by atoms with Crippen LogP contribution in [0.15, 0.2) is 47.4 Å². The summed E-state index contributed by atoms with van der Waals surface area (Å²) in [6.45, 7) is 2.53. The standard InChI is InChI=1S/C23H22ClNO5S2/c1-3-29-21(26)10-11-25-22(27)20(32-23(25)31)13-15-8-9-18(19(12-15)28-2)30-14-16-6-4-5-7-17(16)24/h4-9,12-13H,3,10-11,14H2,1-2H3/b20-13-. The van der Waals surface area contributed by atoms with Crippen LogP contribution in [0.3, 0.4) is 0 Å². The monoisotopic (exact) mass is 491 g/mol. The number of nitrogens with zero attached hydrogens (tertiary/aromatic N) is 1. The molecule has 0 spiro atoms. The molecule has 0 N–H and O–H groups in total. The third-order valence-electron chi connectivity index (χ3n) is 4.54. The lowest BCUT2D eigenvalue weighted by Crippen LogP contribution is -2.30. The van der Waals surface area contributed by atoms with Gasteiger partial charge in [0.15, 0.2) is 11.5 Å². The van der Waals surface area contributed by atoms with E-state index >= 15 is 0 Å². The fourth-order valence-corrected chi connectivity index (χ4v) is 4.44. The maximum Gasteiger partial charge on any atom is 0.307 e. The van der Waals surface area contributed by atoms with Crippen LogP contribution < -0.4 is 9.47 Å². The minimum Gasteiger partial charge on any atom is -0.493 e. The van der Waals surface area contributed by atoms with Gasteiger partial charge in [-0.2, -0.15) is 0 Å². The molecule has 0 aliphatic carbocycles. The van der Waals surface area contributed by atoms with Crippen molar-refractivity contribution in [2.24, 2.45) is 0 Å². The number of carbonyl (C=O) groups is 2. The molecule has 1 saturated heterocycles. The molecule has 6 nitrogen and oxygen atoms in total. The molecule has 0 radical (unpaired) electrons. The molecule has 1 aliphatic rings. The van der Waals surface area contributed by atoms with Crippen molar-refractivity contribution < 1.29 is 23.8 Å². The molecular weight excluding hydrogens is 470 g/mol. The van der Waals surface area contributed by atoms with E-state index in [1.54, 1.807) is 32.2 Å². The Bertz CT molecular complexity index is 1060. The van der Waals surface area contributed by atoms with E-state index in [-0.39, 0.29) is 24.8 Å². The molecule has 9 heteroatoms. The van der Waals surface area contributed by atoms with Crippen molar-refractivity contribution in [2.45, 2.75) is 20.0 Å². The number of methoxy groups -OCH3 is 1. The summed E-state index contributed by atoms with van der Waals surface area (Å²) in [6, 6.07) is 12.9. The number of rotatable bonds is 9. The van der Waals surface area contributed by atoms with E-state index in [4.69, 9.17) is 38.0 Å². The Morgan fingerprint density at radius 3 is 2.72 bits per heavy atom. The third-order valence-corrected chi connectivity index (χ3v) is 6.29. The predicted octanol–water partition coefficient (Wildman–Crippen LogP) is 5.08. The quantitative estimate of drug-likeness (QED) is 0.275. The van der Waals surface area contributed by atoms with Crippen LogP contribution in [-0.2, 0) is 20.9 Å². The smallest absolute Gasteiger partial charge is 0.307 e. The number of esters is 1. The van der Waals surface area contributed by atoms with Gasteiger partial charge in [-0.3, -0.25) is 14.5 Å². The molecule has 2 aromatic rings. The van der Waals surface area contributed by atoms with Crippen LogP contribution in [0.5, 0.6) is 11.5 Å². The summed E-state index contributed by atoms with van der Waals surface area (Å²) in [6.07, 6.45) is 1.84. The Labute approximate surface area is 201 Å². The summed E-state index contributed by atoms with van der Waals surface area (Å²) < 4.78 is 16.7. The second-order valence-corrected chi connectivity index (χ2v) is 8.76. The Balaban J connectivity index is 1.70. The highest BCUT2D eigenvalue weighted by Gasteiger charge is 2.32. The number of halogens is 1. The van der Waals surface area contributed by atoms with Crippen molar-refractivity contribution in [2.75, 3.05) is 20.3 Å². The topological polar surface area (TPSA) is 65.1 Å². The summed E-state index contributed by atoms with van der Waals surface area (Å²) in [4.78, 5) is 26.2. The van der Waals surface area contributed by atoms with Crippen molar-refractivity contribution in [3.05, 3.63) is 63.5 Å². The summed E-state index contributed by atoms with van der Waals surface area (Å²) in [5.41, 5.74) is 1.63. The fourth-order valence-electron chi connectivity index (χ4n) is 2.94. The van der Waals surface area contributed by atoms with Crippen LogP contribution in [0, 0.1) is 0 Å². The lowest BCUT2D eigenvalue weighted by atomic mass is 10.1. The lowest BCUT2D eigenvalue weighted by Gasteiger charge is -2.13. The van der Waals surface area contributed by atoms with Gasteiger partial charge in [0.05, 0.1) is 25.0 Å². The van der Waals surface area contributed by atoms with Gasteiger partial charge in [0.25, 0.3) is 5.91 Å². The van der Waals surface area contributed by atoms with Crippen molar-refractivity contribution in [1.29, 1.82) is 0 Å². The van der Waals surface area contributed by atoms with Crippen LogP contribution in [-0.4, -0.2) is 41.4 Å². The number of thiocarbonyl (C=S) groups is 1. The van der Waals surface area contributed by atoms with Gasteiger partial charge in [-0.05, 0) is 36.8 Å². The zero-order valence-electron chi connectivity index (χ0n) is 17.6. The van der Waals surface area contributed by atoms with Gasteiger partial charge in [0.1, 0.15) is 10.9 Å². The largest absolute Gasteiger partial charge is 0.493 e. The van der Waals surface area contributed by atoms with E-state index in [2.05, 4.69) is 0 Å². The molecule has 0 aromatic heterocycles. The average Bonchev–Trinajstić information content (AvgIpc) is 3.04. The fraction of sp³-hybridized carbons (Fsp3) is 0.261. The third kappa shape index (κ3) is 6.03. The predicted molar refractivity (Wildman–Crippen MR) is 130 cm³/mol. The van der Waals surface area contributed by atoms with Gasteiger partial charge < -0.3 is 14.2 Å². The van der Waals surface area contributed by atoms with Gasteiger partial charge in [-0.1, -0.05) is 59.8 Å². The Morgan fingerprint density at radius 2 is 2.00 bits per heavy atom. The molecule has 1 amide bonds. The molecule has 0 saturated carbocycles. The number of ether oxygens (including phenoxy) is 3. The highest BCUT2D eigenvalue weighted by Crippen LogP contribution is 2.35. The van der Waals surface area contributed by atoms with E-state index in [0.29, 0.717) is 39.0 Å². The number of hydrogen-bond acceptors (Lipinski definition) is 7. The normalized spacial score (nSPS) is 14.7. The molecule has 0 unspecified atom stereocenters. The highest BCUT2D eigenvalue weighted by atomic mass is 35.5. The first-order valence-corrected chi connectivity index (χ1v) is 11.5. The summed E-state index contributed by atoms with van der Waals surface area (Å²) in [7, 11) is 1.55. The number of benzene rings is 2. The first-order valence-electron chi connectivity index (χ1n) is 9.88. The Hall–Kier alpha value is -2.55. The molecular formula is C23H22ClNO5S2. The van der Waals surface area contributed by atoms with Crippen LogP contribution >= 0.6 is 35.6 Å². The molecule has 0 atom stereocenters. The summed E-state index contributed by atoms with van der Waals surface area (Å²) in [5, 5.41) is 0.632. The average molecular weight is 492 g/mol. The molecule has 1 aliphatic heterocycles. The number of amides is 1. The van der Waals surface area contributed by atoms with E-state index in [1.165, 1.54) is 16.7 Å². The minimum atomic E-state index is -0.359. The first kappa shape index (κ1) is 24.1. The maximum atomic E-state index is 12.7. The lowest BCUT2D eigenvalue weighted by molar-refractivity contribution is -0.143. The van der Waals surface area contributed by atoms with E-state index < -0.39 is 0 Å². The van der Waals surface area contributed by atoms with E-state index in [1.807, 2.05) is 30.3 Å². The van der Waals surface area contributed by atoms with Gasteiger partial charge in [-0.25, -0.2) is 0 Å². The second-order valence-electron chi connectivity index (χ2n) is 6.68. The second kappa shape index (κ2) is 11.4. The SMILES string of the molecule is CCOC(=O)CCN1C(=O)/C(=C/c2ccc(OCc3ccccc3Cl)c(OC)c2)SC1=S. The zero-order valence-corrected chi connectivity index (χ0v) is 20.0. The molecule has 0 bridgehead atoms. The maximum absolute atomic E-state index is 12.7. The van der Waals surface area contributed by atoms with Crippen LogP contribution in [0.4, 0.5) is 0 Å².